The van der Waals surface area contributed by atoms with E-state index in [1.165, 1.54) is 0 Å². The fraction of sp³-hybridized carbons (Fsp3) is 0. The third kappa shape index (κ3) is 5.76. The summed E-state index contributed by atoms with van der Waals surface area (Å²) in [7, 11) is 0. The summed E-state index contributed by atoms with van der Waals surface area (Å²) in [5, 5.41) is 23.0. The second kappa shape index (κ2) is 13.8. The molecule has 9 aromatic rings. The minimum atomic E-state index is 0.508. The van der Waals surface area contributed by atoms with Crippen molar-refractivity contribution in [3.05, 3.63) is 192 Å². The normalized spacial score (nSPS) is 10.9. The molecular weight excluding hydrogens is 673 g/mol. The van der Waals surface area contributed by atoms with Crippen molar-refractivity contribution in [2.24, 2.45) is 0 Å². The molecule has 0 aliphatic rings. The van der Waals surface area contributed by atoms with Crippen LogP contribution in [0.15, 0.2) is 170 Å². The lowest BCUT2D eigenvalue weighted by molar-refractivity contribution is 1.17. The summed E-state index contributed by atoms with van der Waals surface area (Å²) in [5.74, 6) is 0.581. The Morgan fingerprint density at radius 1 is 0.473 bits per heavy atom. The zero-order chi connectivity index (χ0) is 37.3. The third-order valence-corrected chi connectivity index (χ3v) is 9.92. The first-order chi connectivity index (χ1) is 27.1. The second-order valence-corrected chi connectivity index (χ2v) is 13.1. The van der Waals surface area contributed by atoms with Gasteiger partial charge >= 0.3 is 0 Å². The Hall–Kier alpha value is -8.11. The smallest absolute Gasteiger partial charge is 0.188 e. The van der Waals surface area contributed by atoms with Crippen LogP contribution in [0.5, 0.6) is 0 Å². The zero-order valence-electron chi connectivity index (χ0n) is 29.3. The van der Waals surface area contributed by atoms with Crippen molar-refractivity contribution in [2.45, 2.75) is 0 Å². The lowest BCUT2D eigenvalue weighted by atomic mass is 9.88. The molecule has 0 unspecified atom stereocenters. The Morgan fingerprint density at radius 3 is 1.62 bits per heavy atom. The van der Waals surface area contributed by atoms with Gasteiger partial charge < -0.3 is 4.57 Å². The first-order valence-corrected chi connectivity index (χ1v) is 17.7. The number of benzene rings is 7. The van der Waals surface area contributed by atoms with Crippen molar-refractivity contribution in [3.63, 3.8) is 0 Å². The van der Waals surface area contributed by atoms with Gasteiger partial charge in [0, 0.05) is 44.3 Å². The monoisotopic (exact) mass is 700 g/mol. The highest BCUT2D eigenvalue weighted by molar-refractivity contribution is 6.12. The van der Waals surface area contributed by atoms with Gasteiger partial charge in [-0.2, -0.15) is 10.5 Å². The van der Waals surface area contributed by atoms with Crippen LogP contribution in [0.1, 0.15) is 11.1 Å². The lowest BCUT2D eigenvalue weighted by Gasteiger charge is -2.22. The summed E-state index contributed by atoms with van der Waals surface area (Å²) in [5.41, 5.74) is 11.3. The molecule has 0 fully saturated rings. The van der Waals surface area contributed by atoms with E-state index in [2.05, 4.69) is 45.8 Å². The summed E-state index contributed by atoms with van der Waals surface area (Å²) in [6.07, 6.45) is 0. The summed E-state index contributed by atoms with van der Waals surface area (Å²) in [6, 6.07) is 60.2. The van der Waals surface area contributed by atoms with Gasteiger partial charge in [-0.05, 0) is 53.9 Å². The molecule has 0 spiro atoms. The average molecular weight is 701 g/mol. The van der Waals surface area contributed by atoms with Crippen LogP contribution in [-0.4, -0.2) is 14.5 Å². The van der Waals surface area contributed by atoms with Crippen molar-refractivity contribution in [1.82, 2.24) is 14.5 Å². The maximum atomic E-state index is 10.5. The van der Waals surface area contributed by atoms with E-state index in [1.54, 1.807) is 0 Å². The van der Waals surface area contributed by atoms with Gasteiger partial charge in [0.25, 0.3) is 0 Å². The molecule has 2 heterocycles. The van der Waals surface area contributed by atoms with Crippen LogP contribution >= 0.6 is 0 Å². The third-order valence-electron chi connectivity index (χ3n) is 9.92. The predicted molar refractivity (Wildman–Crippen MR) is 219 cm³/mol. The number of nitriles is 2. The molecule has 0 aliphatic carbocycles. The Kier molecular flexibility index (Phi) is 8.22. The molecule has 55 heavy (non-hydrogen) atoms. The molecule has 6 heteroatoms. The molecule has 0 atom stereocenters. The first-order valence-electron chi connectivity index (χ1n) is 17.7. The Morgan fingerprint density at radius 2 is 1.00 bits per heavy atom. The van der Waals surface area contributed by atoms with Gasteiger partial charge in [0.2, 0.25) is 0 Å². The Balaban J connectivity index is 1.46. The van der Waals surface area contributed by atoms with E-state index in [0.29, 0.717) is 28.3 Å². The number of para-hydroxylation sites is 1. The van der Waals surface area contributed by atoms with Gasteiger partial charge in [0.05, 0.1) is 57.9 Å². The molecule has 0 bridgehead atoms. The summed E-state index contributed by atoms with van der Waals surface area (Å²) in [6.45, 7) is 7.77. The second-order valence-electron chi connectivity index (χ2n) is 13.1. The number of aromatic nitrogens is 3. The Labute approximate surface area is 317 Å². The van der Waals surface area contributed by atoms with Gasteiger partial charge in [-0.1, -0.05) is 121 Å². The van der Waals surface area contributed by atoms with Gasteiger partial charge in [0.1, 0.15) is 0 Å². The highest BCUT2D eigenvalue weighted by Gasteiger charge is 2.24. The van der Waals surface area contributed by atoms with Crippen LogP contribution < -0.4 is 0 Å². The molecule has 0 N–H and O–H groups in total. The van der Waals surface area contributed by atoms with E-state index in [1.807, 2.05) is 146 Å². The van der Waals surface area contributed by atoms with E-state index >= 15 is 0 Å². The highest BCUT2D eigenvalue weighted by Crippen LogP contribution is 2.45. The van der Waals surface area contributed by atoms with Gasteiger partial charge in [0.15, 0.2) is 11.5 Å². The molecule has 7 aromatic carbocycles. The maximum absolute atomic E-state index is 10.5. The SMILES string of the molecule is [C-]#[N+]c1ccc2c(c1)c1ccccc1n2-c1c(-c2ccccc2C#N)cc(-c2cc(-c3ccccc3)nc(-c3ccccc3)n2)cc1-c1ccccc1C#N. The van der Waals surface area contributed by atoms with Crippen molar-refractivity contribution in [2.75, 3.05) is 0 Å². The molecular formula is C49H28N6. The van der Waals surface area contributed by atoms with Crippen molar-refractivity contribution >= 4 is 27.5 Å². The molecule has 9 rings (SSSR count). The van der Waals surface area contributed by atoms with Crippen molar-refractivity contribution in [1.29, 1.82) is 10.5 Å². The molecule has 0 saturated carbocycles. The van der Waals surface area contributed by atoms with E-state index < -0.39 is 0 Å². The Bertz CT molecular complexity index is 2930. The highest BCUT2D eigenvalue weighted by atomic mass is 15.0. The van der Waals surface area contributed by atoms with E-state index in [9.17, 15) is 10.5 Å². The number of hydrogen-bond donors (Lipinski definition) is 0. The summed E-state index contributed by atoms with van der Waals surface area (Å²) < 4.78 is 2.21. The average Bonchev–Trinajstić information content (AvgIpc) is 3.59. The molecule has 0 amide bonds. The molecule has 254 valence electrons. The van der Waals surface area contributed by atoms with Crippen LogP contribution in [0.3, 0.4) is 0 Å². The zero-order valence-corrected chi connectivity index (χ0v) is 29.3. The van der Waals surface area contributed by atoms with E-state index in [4.69, 9.17) is 16.5 Å². The van der Waals surface area contributed by atoms with Crippen LogP contribution in [0.2, 0.25) is 0 Å². The fourth-order valence-corrected chi connectivity index (χ4v) is 7.40. The van der Waals surface area contributed by atoms with Crippen molar-refractivity contribution in [3.8, 4) is 74.0 Å². The van der Waals surface area contributed by atoms with E-state index in [0.717, 1.165) is 72.1 Å². The van der Waals surface area contributed by atoms with Crippen molar-refractivity contribution < 1.29 is 0 Å². The molecule has 0 radical (unpaired) electrons. The topological polar surface area (TPSA) is 82.7 Å². The van der Waals surface area contributed by atoms with Gasteiger partial charge in [-0.3, -0.25) is 0 Å². The number of fused-ring (bicyclic) bond motifs is 3. The van der Waals surface area contributed by atoms with Gasteiger partial charge in [-0.15, -0.1) is 0 Å². The van der Waals surface area contributed by atoms with Crippen LogP contribution in [0.25, 0.3) is 88.5 Å². The van der Waals surface area contributed by atoms with E-state index in [-0.39, 0.29) is 0 Å². The minimum Gasteiger partial charge on any atom is -0.308 e. The minimum absolute atomic E-state index is 0.508. The van der Waals surface area contributed by atoms with Crippen LogP contribution in [0.4, 0.5) is 5.69 Å². The maximum Gasteiger partial charge on any atom is 0.188 e. The summed E-state index contributed by atoms with van der Waals surface area (Å²) >= 11 is 0. The predicted octanol–water partition coefficient (Wildman–Crippen LogP) is 12.2. The molecule has 2 aromatic heterocycles. The number of hydrogen-bond acceptors (Lipinski definition) is 4. The largest absolute Gasteiger partial charge is 0.308 e. The van der Waals surface area contributed by atoms with Crippen LogP contribution in [0, 0.1) is 29.2 Å². The lowest BCUT2D eigenvalue weighted by Crippen LogP contribution is -2.04. The fourth-order valence-electron chi connectivity index (χ4n) is 7.40. The molecule has 0 saturated heterocycles. The number of nitrogens with zero attached hydrogens (tertiary/aromatic N) is 6. The number of rotatable bonds is 6. The van der Waals surface area contributed by atoms with Gasteiger partial charge in [-0.25, -0.2) is 14.8 Å². The molecule has 0 aliphatic heterocycles. The standard InChI is InChI=1S/C49H28N6/c1-52-37-24-25-47-41(28-37)40-22-12-13-23-46(40)55(47)48-42(38-20-10-8-18-34(38)30-50)26-36(27-43(48)39-21-11-9-19-35(39)31-51)45-29-44(32-14-4-2-5-15-32)53-49(54-45)33-16-6-3-7-17-33/h2-29H. The van der Waals surface area contributed by atoms with Crippen LogP contribution in [-0.2, 0) is 0 Å². The summed E-state index contributed by atoms with van der Waals surface area (Å²) in [4.78, 5) is 14.0. The molecule has 6 nitrogen and oxygen atoms in total. The quantitative estimate of drug-likeness (QED) is 0.162. The first kappa shape index (κ1) is 32.8.